The molecule has 2 aromatic rings. The average Bonchev–Trinajstić information content (AvgIpc) is 2.82. The van der Waals surface area contributed by atoms with Gasteiger partial charge in [-0.15, -0.1) is 0 Å². The standard InChI is InChI=1S/C17H18N2O3/c1-11-15(18)17(20)22-16(11)14-8-7-13(9-19-14)21-10-12-5-3-2-4-6-12/h2-9,11,15-16H,10,18H2,1H3/t11-,15-,16-/m0/s1. The summed E-state index contributed by atoms with van der Waals surface area (Å²) in [5.74, 6) is 0.216. The minimum atomic E-state index is -0.583. The molecular weight excluding hydrogens is 280 g/mol. The predicted molar refractivity (Wildman–Crippen MR) is 81.0 cm³/mol. The van der Waals surface area contributed by atoms with Gasteiger partial charge in [-0.2, -0.15) is 0 Å². The molecule has 0 unspecified atom stereocenters. The first kappa shape index (κ1) is 14.5. The van der Waals surface area contributed by atoms with Crippen molar-refractivity contribution < 1.29 is 14.3 Å². The summed E-state index contributed by atoms with van der Waals surface area (Å²) < 4.78 is 11.0. The fraction of sp³-hybridized carbons (Fsp3) is 0.294. The number of hydrogen-bond donors (Lipinski definition) is 1. The zero-order valence-corrected chi connectivity index (χ0v) is 12.3. The Hall–Kier alpha value is -2.40. The maximum Gasteiger partial charge on any atom is 0.324 e. The summed E-state index contributed by atoms with van der Waals surface area (Å²) in [4.78, 5) is 15.8. The van der Waals surface area contributed by atoms with Crippen LogP contribution in [0.3, 0.4) is 0 Å². The summed E-state index contributed by atoms with van der Waals surface area (Å²) in [6, 6.07) is 13.0. The zero-order valence-electron chi connectivity index (χ0n) is 12.3. The second-order valence-corrected chi connectivity index (χ2v) is 5.44. The van der Waals surface area contributed by atoms with E-state index in [0.717, 1.165) is 5.56 Å². The quantitative estimate of drug-likeness (QED) is 0.876. The van der Waals surface area contributed by atoms with Crippen molar-refractivity contribution >= 4 is 5.97 Å². The predicted octanol–water partition coefficient (Wildman–Crippen LogP) is 2.22. The number of ether oxygens (including phenoxy) is 2. The van der Waals surface area contributed by atoms with E-state index in [9.17, 15) is 4.79 Å². The Kier molecular flexibility index (Phi) is 4.06. The normalized spacial score (nSPS) is 24.1. The molecule has 1 aliphatic heterocycles. The third-order valence-electron chi connectivity index (χ3n) is 3.86. The molecule has 5 nitrogen and oxygen atoms in total. The number of cyclic esters (lactones) is 1. The Morgan fingerprint density at radius 1 is 1.23 bits per heavy atom. The molecule has 0 radical (unpaired) electrons. The van der Waals surface area contributed by atoms with Gasteiger partial charge in [-0.1, -0.05) is 37.3 Å². The van der Waals surface area contributed by atoms with Crippen LogP contribution < -0.4 is 10.5 Å². The lowest BCUT2D eigenvalue weighted by Crippen LogP contribution is -2.30. The number of pyridine rings is 1. The monoisotopic (exact) mass is 298 g/mol. The van der Waals surface area contributed by atoms with Crippen molar-refractivity contribution in [3.8, 4) is 5.75 Å². The number of nitrogens with zero attached hydrogens (tertiary/aromatic N) is 1. The number of carbonyl (C=O) groups is 1. The van der Waals surface area contributed by atoms with Crippen LogP contribution in [0.2, 0.25) is 0 Å². The third-order valence-corrected chi connectivity index (χ3v) is 3.86. The first-order chi connectivity index (χ1) is 10.6. The van der Waals surface area contributed by atoms with Crippen LogP contribution in [0.4, 0.5) is 0 Å². The van der Waals surface area contributed by atoms with Crippen LogP contribution in [0.5, 0.6) is 5.75 Å². The number of esters is 1. The molecule has 0 bridgehead atoms. The lowest BCUT2D eigenvalue weighted by molar-refractivity contribution is -0.142. The lowest BCUT2D eigenvalue weighted by atomic mass is 9.97. The van der Waals surface area contributed by atoms with Crippen molar-refractivity contribution in [2.45, 2.75) is 25.7 Å². The highest BCUT2D eigenvalue weighted by atomic mass is 16.6. The highest BCUT2D eigenvalue weighted by Gasteiger charge is 2.40. The highest BCUT2D eigenvalue weighted by Crippen LogP contribution is 2.33. The van der Waals surface area contributed by atoms with E-state index in [0.29, 0.717) is 18.1 Å². The van der Waals surface area contributed by atoms with Crippen molar-refractivity contribution in [1.29, 1.82) is 0 Å². The Morgan fingerprint density at radius 3 is 2.59 bits per heavy atom. The summed E-state index contributed by atoms with van der Waals surface area (Å²) in [5.41, 5.74) is 7.55. The van der Waals surface area contributed by atoms with Crippen LogP contribution >= 0.6 is 0 Å². The first-order valence-electron chi connectivity index (χ1n) is 7.24. The molecule has 1 aliphatic rings. The van der Waals surface area contributed by atoms with Gasteiger partial charge in [-0.3, -0.25) is 9.78 Å². The molecule has 2 heterocycles. The maximum atomic E-state index is 11.5. The molecule has 22 heavy (non-hydrogen) atoms. The molecule has 1 aromatic heterocycles. The molecular formula is C17H18N2O3. The number of carbonyl (C=O) groups excluding carboxylic acids is 1. The van der Waals surface area contributed by atoms with Gasteiger partial charge in [0.05, 0.1) is 11.9 Å². The maximum absolute atomic E-state index is 11.5. The SMILES string of the molecule is C[C@H]1[C@H](N)C(=O)O[C@@H]1c1ccc(OCc2ccccc2)cn1. The Labute approximate surface area is 129 Å². The summed E-state index contributed by atoms with van der Waals surface area (Å²) in [6.45, 7) is 2.38. The van der Waals surface area contributed by atoms with E-state index in [-0.39, 0.29) is 18.0 Å². The van der Waals surface area contributed by atoms with Crippen molar-refractivity contribution in [2.24, 2.45) is 11.7 Å². The molecule has 1 fully saturated rings. The summed E-state index contributed by atoms with van der Waals surface area (Å²) in [5, 5.41) is 0. The molecule has 0 spiro atoms. The molecule has 1 aromatic carbocycles. The fourth-order valence-corrected chi connectivity index (χ4v) is 2.43. The average molecular weight is 298 g/mol. The summed E-state index contributed by atoms with van der Waals surface area (Å²) >= 11 is 0. The lowest BCUT2D eigenvalue weighted by Gasteiger charge is -2.14. The van der Waals surface area contributed by atoms with E-state index >= 15 is 0 Å². The third kappa shape index (κ3) is 2.94. The van der Waals surface area contributed by atoms with Crippen LogP contribution in [-0.4, -0.2) is 17.0 Å². The van der Waals surface area contributed by atoms with Gasteiger partial charge in [0.2, 0.25) is 0 Å². The number of benzene rings is 1. The van der Waals surface area contributed by atoms with E-state index in [2.05, 4.69) is 4.98 Å². The van der Waals surface area contributed by atoms with E-state index in [1.807, 2.05) is 49.4 Å². The molecule has 3 rings (SSSR count). The molecule has 0 saturated carbocycles. The fourth-order valence-electron chi connectivity index (χ4n) is 2.43. The number of nitrogens with two attached hydrogens (primary N) is 1. The van der Waals surface area contributed by atoms with Gasteiger partial charge in [0.25, 0.3) is 0 Å². The van der Waals surface area contributed by atoms with Crippen molar-refractivity contribution in [3.63, 3.8) is 0 Å². The van der Waals surface area contributed by atoms with Crippen molar-refractivity contribution in [3.05, 3.63) is 59.9 Å². The molecule has 2 N–H and O–H groups in total. The zero-order chi connectivity index (χ0) is 15.5. The van der Waals surface area contributed by atoms with Gasteiger partial charge in [0, 0.05) is 5.92 Å². The van der Waals surface area contributed by atoms with Crippen LogP contribution in [-0.2, 0) is 16.1 Å². The van der Waals surface area contributed by atoms with Crippen LogP contribution in [0, 0.1) is 5.92 Å². The number of hydrogen-bond acceptors (Lipinski definition) is 5. The van der Waals surface area contributed by atoms with Gasteiger partial charge in [-0.25, -0.2) is 0 Å². The highest BCUT2D eigenvalue weighted by molar-refractivity contribution is 5.78. The second kappa shape index (κ2) is 6.15. The van der Waals surface area contributed by atoms with Gasteiger partial charge in [0.15, 0.2) is 0 Å². The van der Waals surface area contributed by atoms with E-state index in [4.69, 9.17) is 15.2 Å². The summed E-state index contributed by atoms with van der Waals surface area (Å²) in [6.07, 6.45) is 1.26. The van der Waals surface area contributed by atoms with E-state index < -0.39 is 6.04 Å². The topological polar surface area (TPSA) is 74.4 Å². The van der Waals surface area contributed by atoms with Gasteiger partial charge in [-0.05, 0) is 17.7 Å². The molecule has 3 atom stereocenters. The second-order valence-electron chi connectivity index (χ2n) is 5.44. The number of rotatable bonds is 4. The van der Waals surface area contributed by atoms with Crippen LogP contribution in [0.1, 0.15) is 24.3 Å². The smallest absolute Gasteiger partial charge is 0.324 e. The minimum Gasteiger partial charge on any atom is -0.487 e. The van der Waals surface area contributed by atoms with E-state index in [1.54, 1.807) is 6.20 Å². The Morgan fingerprint density at radius 2 is 2.00 bits per heavy atom. The van der Waals surface area contributed by atoms with Gasteiger partial charge < -0.3 is 15.2 Å². The van der Waals surface area contributed by atoms with Gasteiger partial charge in [0.1, 0.15) is 24.5 Å². The molecule has 0 amide bonds. The Bertz CT molecular complexity index is 643. The number of aromatic nitrogens is 1. The van der Waals surface area contributed by atoms with E-state index in [1.165, 1.54) is 0 Å². The summed E-state index contributed by atoms with van der Waals surface area (Å²) in [7, 11) is 0. The first-order valence-corrected chi connectivity index (χ1v) is 7.24. The van der Waals surface area contributed by atoms with Crippen LogP contribution in [0.15, 0.2) is 48.7 Å². The minimum absolute atomic E-state index is 0.0870. The Balaban J connectivity index is 1.64. The largest absolute Gasteiger partial charge is 0.487 e. The van der Waals surface area contributed by atoms with Gasteiger partial charge >= 0.3 is 5.97 Å². The molecule has 5 heteroatoms. The molecule has 0 aliphatic carbocycles. The van der Waals surface area contributed by atoms with Crippen LogP contribution in [0.25, 0.3) is 0 Å². The molecule has 1 saturated heterocycles. The van der Waals surface area contributed by atoms with Crippen molar-refractivity contribution in [1.82, 2.24) is 4.98 Å². The molecule has 114 valence electrons. The van der Waals surface area contributed by atoms with Crippen molar-refractivity contribution in [2.75, 3.05) is 0 Å².